The van der Waals surface area contributed by atoms with Crippen LogP contribution in [-0.2, 0) is 16.1 Å². The predicted molar refractivity (Wildman–Crippen MR) is 119 cm³/mol. The van der Waals surface area contributed by atoms with E-state index in [-0.39, 0.29) is 23.2 Å². The molecule has 34 heavy (non-hydrogen) atoms. The summed E-state index contributed by atoms with van der Waals surface area (Å²) >= 11 is 0. The molecule has 0 atom stereocenters. The molecule has 170 valence electrons. The first kappa shape index (κ1) is 21.3. The molecule has 0 radical (unpaired) electrons. The van der Waals surface area contributed by atoms with Crippen LogP contribution in [0.4, 0.5) is 0 Å². The molecule has 3 aromatic rings. The highest BCUT2D eigenvalue weighted by Gasteiger charge is 2.36. The van der Waals surface area contributed by atoms with Crippen molar-refractivity contribution in [1.82, 2.24) is 9.91 Å². The second-order valence-electron chi connectivity index (χ2n) is 7.79. The summed E-state index contributed by atoms with van der Waals surface area (Å²) in [6.45, 7) is -0.0878. The van der Waals surface area contributed by atoms with Gasteiger partial charge >= 0.3 is 5.97 Å². The highest BCUT2D eigenvalue weighted by molar-refractivity contribution is 6.21. The van der Waals surface area contributed by atoms with Gasteiger partial charge in [0, 0.05) is 6.42 Å². The van der Waals surface area contributed by atoms with Gasteiger partial charge in [-0.05, 0) is 35.9 Å². The number of rotatable bonds is 6. The van der Waals surface area contributed by atoms with Gasteiger partial charge in [-0.25, -0.2) is 9.80 Å². The molecule has 9 nitrogen and oxygen atoms in total. The third-order valence-electron chi connectivity index (χ3n) is 5.62. The van der Waals surface area contributed by atoms with Crippen LogP contribution < -0.4 is 0 Å². The Labute approximate surface area is 194 Å². The lowest BCUT2D eigenvalue weighted by molar-refractivity contribution is -0.134. The Morgan fingerprint density at radius 3 is 2.53 bits per heavy atom. The molecule has 0 saturated carbocycles. The largest absolute Gasteiger partial charge is 0.467 e. The summed E-state index contributed by atoms with van der Waals surface area (Å²) in [5, 5.41) is 5.61. The molecule has 3 heterocycles. The molecular weight excluding hydrogens is 438 g/mol. The molecule has 2 aliphatic heterocycles. The Balaban J connectivity index is 1.22. The van der Waals surface area contributed by atoms with Crippen molar-refractivity contribution >= 4 is 29.4 Å². The maximum absolute atomic E-state index is 12.7. The van der Waals surface area contributed by atoms with Crippen molar-refractivity contribution in [3.63, 3.8) is 0 Å². The normalized spacial score (nSPS) is 14.9. The van der Waals surface area contributed by atoms with E-state index < -0.39 is 30.3 Å². The van der Waals surface area contributed by atoms with Crippen molar-refractivity contribution in [2.75, 3.05) is 13.2 Å². The summed E-state index contributed by atoms with van der Waals surface area (Å²) in [5.74, 6) is -1.74. The molecule has 0 fully saturated rings. The zero-order chi connectivity index (χ0) is 23.7. The number of hydrazone groups is 1. The minimum atomic E-state index is -0.771. The fourth-order valence-corrected chi connectivity index (χ4v) is 3.88. The number of imide groups is 1. The van der Waals surface area contributed by atoms with Crippen molar-refractivity contribution in [2.45, 2.75) is 13.0 Å². The van der Waals surface area contributed by atoms with Crippen molar-refractivity contribution in [3.8, 4) is 0 Å². The monoisotopic (exact) mass is 457 g/mol. The van der Waals surface area contributed by atoms with Crippen LogP contribution in [0.15, 0.2) is 76.4 Å². The summed E-state index contributed by atoms with van der Waals surface area (Å²) in [4.78, 5) is 51.4. The highest BCUT2D eigenvalue weighted by atomic mass is 16.5. The van der Waals surface area contributed by atoms with E-state index in [2.05, 4.69) is 5.10 Å². The van der Waals surface area contributed by atoms with E-state index >= 15 is 0 Å². The van der Waals surface area contributed by atoms with Crippen LogP contribution in [0, 0.1) is 0 Å². The first-order valence-corrected chi connectivity index (χ1v) is 10.6. The van der Waals surface area contributed by atoms with Crippen molar-refractivity contribution in [1.29, 1.82) is 0 Å². The Morgan fingerprint density at radius 1 is 0.971 bits per heavy atom. The number of hydrogen-bond acceptors (Lipinski definition) is 7. The third-order valence-corrected chi connectivity index (χ3v) is 5.62. The number of carbonyl (C=O) groups is 4. The van der Waals surface area contributed by atoms with E-state index in [9.17, 15) is 19.2 Å². The van der Waals surface area contributed by atoms with Gasteiger partial charge in [0.05, 0.1) is 41.8 Å². The van der Waals surface area contributed by atoms with E-state index in [1.807, 2.05) is 30.3 Å². The first-order chi connectivity index (χ1) is 16.5. The minimum Gasteiger partial charge on any atom is -0.467 e. The van der Waals surface area contributed by atoms with Crippen LogP contribution in [0.3, 0.4) is 0 Å². The molecule has 3 amide bonds. The second-order valence-corrected chi connectivity index (χ2v) is 7.79. The zero-order valence-corrected chi connectivity index (χ0v) is 18.0. The third kappa shape index (κ3) is 3.99. The van der Waals surface area contributed by atoms with Crippen molar-refractivity contribution in [3.05, 3.63) is 94.9 Å². The number of nitrogens with zero attached hydrogens (tertiary/aromatic N) is 3. The Bertz CT molecular complexity index is 1310. The number of benzene rings is 2. The van der Waals surface area contributed by atoms with Gasteiger partial charge in [-0.15, -0.1) is 0 Å². The minimum absolute atomic E-state index is 0.00501. The lowest BCUT2D eigenvalue weighted by atomic mass is 10.1. The summed E-state index contributed by atoms with van der Waals surface area (Å²) in [6.07, 6.45) is 2.07. The Kier molecular flexibility index (Phi) is 5.51. The summed E-state index contributed by atoms with van der Waals surface area (Å²) in [7, 11) is 0. The number of carbonyl (C=O) groups excluding carboxylic acids is 4. The maximum Gasteiger partial charge on any atom is 0.338 e. The molecule has 9 heteroatoms. The van der Waals surface area contributed by atoms with Crippen LogP contribution in [-0.4, -0.2) is 52.5 Å². The molecular formula is C25H19N3O6. The molecule has 0 spiro atoms. The molecule has 5 rings (SSSR count). The average Bonchev–Trinajstić information content (AvgIpc) is 3.61. The number of hydrogen-bond donors (Lipinski definition) is 0. The van der Waals surface area contributed by atoms with Crippen LogP contribution in [0.1, 0.15) is 48.8 Å². The lowest BCUT2D eigenvalue weighted by Gasteiger charge is -2.11. The smallest absolute Gasteiger partial charge is 0.338 e. The van der Waals surface area contributed by atoms with Crippen molar-refractivity contribution in [2.24, 2.45) is 5.10 Å². The van der Waals surface area contributed by atoms with E-state index in [0.717, 1.165) is 16.2 Å². The molecule has 0 aliphatic carbocycles. The fourth-order valence-electron chi connectivity index (χ4n) is 3.88. The average molecular weight is 457 g/mol. The van der Waals surface area contributed by atoms with Crippen molar-refractivity contribution < 1.29 is 28.3 Å². The van der Waals surface area contributed by atoms with Crippen LogP contribution >= 0.6 is 0 Å². The van der Waals surface area contributed by atoms with E-state index in [1.165, 1.54) is 29.5 Å². The zero-order valence-electron chi connectivity index (χ0n) is 18.0. The standard InChI is InChI=1S/C25H19N3O6/c29-22(28-11-10-21(26-28)16-5-2-1-3-6-16)15-34-25(32)17-8-9-19-20(13-17)24(31)27(23(19)30)14-18-7-4-12-33-18/h1-9,12-13H,10-11,14-15H2. The first-order valence-electron chi connectivity index (χ1n) is 10.6. The van der Waals surface area contributed by atoms with Gasteiger partial charge in [0.1, 0.15) is 5.76 Å². The summed E-state index contributed by atoms with van der Waals surface area (Å²) < 4.78 is 10.4. The summed E-state index contributed by atoms with van der Waals surface area (Å²) in [5.41, 5.74) is 2.11. The van der Waals surface area contributed by atoms with E-state index in [1.54, 1.807) is 12.1 Å². The lowest BCUT2D eigenvalue weighted by Crippen LogP contribution is -2.29. The van der Waals surface area contributed by atoms with E-state index in [4.69, 9.17) is 9.15 Å². The molecule has 0 bridgehead atoms. The summed E-state index contributed by atoms with van der Waals surface area (Å²) in [6, 6.07) is 17.0. The number of furan rings is 1. The van der Waals surface area contributed by atoms with Gasteiger partial charge in [0.25, 0.3) is 17.7 Å². The molecule has 0 saturated heterocycles. The quantitative estimate of drug-likeness (QED) is 0.416. The molecule has 2 aliphatic rings. The Morgan fingerprint density at radius 2 is 1.76 bits per heavy atom. The molecule has 0 N–H and O–H groups in total. The van der Waals surface area contributed by atoms with E-state index in [0.29, 0.717) is 18.7 Å². The molecule has 1 aromatic heterocycles. The number of fused-ring (bicyclic) bond motifs is 1. The van der Waals surface area contributed by atoms with Crippen LogP contribution in [0.5, 0.6) is 0 Å². The maximum atomic E-state index is 12.7. The van der Waals surface area contributed by atoms with Gasteiger partial charge in [0.2, 0.25) is 0 Å². The molecule has 2 aromatic carbocycles. The topological polar surface area (TPSA) is 109 Å². The number of ether oxygens (including phenoxy) is 1. The Hall–Kier alpha value is -4.53. The predicted octanol–water partition coefficient (Wildman–Crippen LogP) is 2.87. The molecule has 0 unspecified atom stereocenters. The van der Waals surface area contributed by atoms with Crippen LogP contribution in [0.2, 0.25) is 0 Å². The second kappa shape index (κ2) is 8.78. The van der Waals surface area contributed by atoms with Gasteiger partial charge in [-0.2, -0.15) is 5.10 Å². The van der Waals surface area contributed by atoms with Gasteiger partial charge in [-0.3, -0.25) is 19.3 Å². The van der Waals surface area contributed by atoms with Gasteiger partial charge < -0.3 is 9.15 Å². The fraction of sp³-hybridized carbons (Fsp3) is 0.160. The van der Waals surface area contributed by atoms with Crippen LogP contribution in [0.25, 0.3) is 0 Å². The number of esters is 1. The van der Waals surface area contributed by atoms with Gasteiger partial charge in [0.15, 0.2) is 6.61 Å². The van der Waals surface area contributed by atoms with Gasteiger partial charge in [-0.1, -0.05) is 30.3 Å². The highest BCUT2D eigenvalue weighted by Crippen LogP contribution is 2.26. The number of amides is 3. The SMILES string of the molecule is O=C(OCC(=O)N1CCC(c2ccccc2)=N1)c1ccc2c(c1)C(=O)N(Cc1ccco1)C2=O.